The Morgan fingerprint density at radius 3 is 2.25 bits per heavy atom. The van der Waals surface area contributed by atoms with Crippen molar-refractivity contribution in [2.75, 3.05) is 0 Å². The van der Waals surface area contributed by atoms with E-state index in [0.717, 1.165) is 5.75 Å². The lowest BCUT2D eigenvalue weighted by molar-refractivity contribution is 0.230. The fourth-order valence-electron chi connectivity index (χ4n) is 1.49. The summed E-state index contributed by atoms with van der Waals surface area (Å²) in [6.07, 6.45) is 0.642. The fraction of sp³-hybridized carbons (Fsp3) is 0.462. The second-order valence-electron chi connectivity index (χ2n) is 4.32. The zero-order valence-electron chi connectivity index (χ0n) is 10.1. The SMILES string of the molecule is CC(CC(N)=S)Oc1ccc(C(C)C)cc1. The van der Waals surface area contributed by atoms with Gasteiger partial charge in [0.1, 0.15) is 11.9 Å². The number of rotatable bonds is 5. The molecule has 1 atom stereocenters. The molecule has 1 rings (SSSR count). The molecule has 88 valence electrons. The lowest BCUT2D eigenvalue weighted by Crippen LogP contribution is -2.20. The molecule has 3 heteroatoms. The van der Waals surface area contributed by atoms with E-state index in [9.17, 15) is 0 Å². The van der Waals surface area contributed by atoms with Gasteiger partial charge in [0.05, 0.1) is 4.99 Å². The van der Waals surface area contributed by atoms with E-state index < -0.39 is 0 Å². The predicted octanol–water partition coefficient (Wildman–Crippen LogP) is 3.25. The first-order valence-electron chi connectivity index (χ1n) is 5.54. The quantitative estimate of drug-likeness (QED) is 0.798. The van der Waals surface area contributed by atoms with Crippen molar-refractivity contribution < 1.29 is 4.74 Å². The summed E-state index contributed by atoms with van der Waals surface area (Å²) < 4.78 is 5.69. The Morgan fingerprint density at radius 2 is 1.81 bits per heavy atom. The summed E-state index contributed by atoms with van der Waals surface area (Å²) in [6.45, 7) is 6.31. The summed E-state index contributed by atoms with van der Waals surface area (Å²) in [5.74, 6) is 1.41. The molecule has 0 heterocycles. The summed E-state index contributed by atoms with van der Waals surface area (Å²) in [6, 6.07) is 8.16. The molecule has 0 radical (unpaired) electrons. The van der Waals surface area contributed by atoms with Crippen LogP contribution in [0.25, 0.3) is 0 Å². The van der Waals surface area contributed by atoms with Crippen LogP contribution in [0.3, 0.4) is 0 Å². The molecule has 0 aliphatic rings. The molecule has 0 bridgehead atoms. The van der Waals surface area contributed by atoms with Crippen LogP contribution in [0.2, 0.25) is 0 Å². The molecule has 1 aromatic carbocycles. The molecule has 0 spiro atoms. The first-order chi connectivity index (χ1) is 7.49. The lowest BCUT2D eigenvalue weighted by atomic mass is 10.0. The lowest BCUT2D eigenvalue weighted by Gasteiger charge is -2.14. The summed E-state index contributed by atoms with van der Waals surface area (Å²) in [5.41, 5.74) is 6.78. The smallest absolute Gasteiger partial charge is 0.119 e. The van der Waals surface area contributed by atoms with E-state index in [2.05, 4.69) is 26.0 Å². The molecule has 0 fully saturated rings. The molecule has 0 aromatic heterocycles. The van der Waals surface area contributed by atoms with Gasteiger partial charge >= 0.3 is 0 Å². The molecular weight excluding hydrogens is 218 g/mol. The molecule has 0 aliphatic carbocycles. The normalized spacial score (nSPS) is 12.5. The fourth-order valence-corrected chi connectivity index (χ4v) is 1.72. The van der Waals surface area contributed by atoms with Crippen LogP contribution in [-0.2, 0) is 0 Å². The van der Waals surface area contributed by atoms with Gasteiger partial charge in [0.25, 0.3) is 0 Å². The van der Waals surface area contributed by atoms with E-state index in [-0.39, 0.29) is 6.10 Å². The third-order valence-electron chi connectivity index (χ3n) is 2.37. The maximum Gasteiger partial charge on any atom is 0.119 e. The van der Waals surface area contributed by atoms with Gasteiger partial charge in [-0.2, -0.15) is 0 Å². The third-order valence-corrected chi connectivity index (χ3v) is 2.54. The number of nitrogens with two attached hydrogens (primary N) is 1. The molecule has 1 unspecified atom stereocenters. The van der Waals surface area contributed by atoms with Crippen LogP contribution in [0.15, 0.2) is 24.3 Å². The minimum absolute atomic E-state index is 0.0300. The number of benzene rings is 1. The highest BCUT2D eigenvalue weighted by molar-refractivity contribution is 7.80. The van der Waals surface area contributed by atoms with Crippen molar-refractivity contribution in [3.63, 3.8) is 0 Å². The van der Waals surface area contributed by atoms with E-state index >= 15 is 0 Å². The Labute approximate surface area is 103 Å². The van der Waals surface area contributed by atoms with Crippen molar-refractivity contribution in [1.82, 2.24) is 0 Å². The number of ether oxygens (including phenoxy) is 1. The second-order valence-corrected chi connectivity index (χ2v) is 4.85. The Hall–Kier alpha value is -1.09. The molecule has 0 saturated carbocycles. The average Bonchev–Trinajstić information content (AvgIpc) is 2.16. The molecule has 0 aliphatic heterocycles. The zero-order chi connectivity index (χ0) is 12.1. The van der Waals surface area contributed by atoms with Crippen LogP contribution >= 0.6 is 12.2 Å². The van der Waals surface area contributed by atoms with E-state index in [4.69, 9.17) is 22.7 Å². The molecule has 2 nitrogen and oxygen atoms in total. The van der Waals surface area contributed by atoms with Crippen LogP contribution in [0.4, 0.5) is 0 Å². The summed E-state index contributed by atoms with van der Waals surface area (Å²) >= 11 is 4.84. The van der Waals surface area contributed by atoms with E-state index in [1.807, 2.05) is 19.1 Å². The van der Waals surface area contributed by atoms with Crippen LogP contribution in [0.1, 0.15) is 38.7 Å². The van der Waals surface area contributed by atoms with Crippen molar-refractivity contribution >= 4 is 17.2 Å². The van der Waals surface area contributed by atoms with E-state index in [1.165, 1.54) is 5.56 Å². The maximum absolute atomic E-state index is 5.69. The minimum atomic E-state index is 0.0300. The number of hydrogen-bond acceptors (Lipinski definition) is 2. The predicted molar refractivity (Wildman–Crippen MR) is 72.0 cm³/mol. The molecule has 1 aromatic rings. The first kappa shape index (κ1) is 13.0. The highest BCUT2D eigenvalue weighted by Gasteiger charge is 2.06. The van der Waals surface area contributed by atoms with Gasteiger partial charge in [-0.1, -0.05) is 38.2 Å². The largest absolute Gasteiger partial charge is 0.490 e. The van der Waals surface area contributed by atoms with Gasteiger partial charge < -0.3 is 10.5 Å². The Bertz CT molecular complexity index is 345. The van der Waals surface area contributed by atoms with Crippen molar-refractivity contribution in [2.24, 2.45) is 5.73 Å². The number of thiocarbonyl (C=S) groups is 1. The van der Waals surface area contributed by atoms with Crippen molar-refractivity contribution in [1.29, 1.82) is 0 Å². The topological polar surface area (TPSA) is 35.2 Å². The molecular formula is C13H19NOS. The van der Waals surface area contributed by atoms with Crippen LogP contribution in [0, 0.1) is 0 Å². The van der Waals surface area contributed by atoms with Gasteiger partial charge in [0.2, 0.25) is 0 Å². The molecule has 0 amide bonds. The van der Waals surface area contributed by atoms with Gasteiger partial charge in [-0.3, -0.25) is 0 Å². The Morgan fingerprint density at radius 1 is 1.25 bits per heavy atom. The second kappa shape index (κ2) is 5.85. The Kier molecular flexibility index (Phi) is 4.74. The highest BCUT2D eigenvalue weighted by Crippen LogP contribution is 2.19. The van der Waals surface area contributed by atoms with Crippen LogP contribution in [0.5, 0.6) is 5.75 Å². The zero-order valence-corrected chi connectivity index (χ0v) is 10.9. The van der Waals surface area contributed by atoms with E-state index in [0.29, 0.717) is 17.3 Å². The van der Waals surface area contributed by atoms with Gasteiger partial charge in [0.15, 0.2) is 0 Å². The third kappa shape index (κ3) is 4.19. The van der Waals surface area contributed by atoms with Gasteiger partial charge in [-0.15, -0.1) is 0 Å². The van der Waals surface area contributed by atoms with Crippen LogP contribution < -0.4 is 10.5 Å². The van der Waals surface area contributed by atoms with Crippen molar-refractivity contribution in [3.05, 3.63) is 29.8 Å². The average molecular weight is 237 g/mol. The minimum Gasteiger partial charge on any atom is -0.490 e. The summed E-state index contributed by atoms with van der Waals surface area (Å²) in [7, 11) is 0. The first-order valence-corrected chi connectivity index (χ1v) is 5.94. The van der Waals surface area contributed by atoms with Gasteiger partial charge in [0, 0.05) is 6.42 Å². The monoisotopic (exact) mass is 237 g/mol. The van der Waals surface area contributed by atoms with E-state index in [1.54, 1.807) is 0 Å². The standard InChI is InChI=1S/C13H19NOS/c1-9(2)11-4-6-12(7-5-11)15-10(3)8-13(14)16/h4-7,9-10H,8H2,1-3H3,(H2,14,16). The van der Waals surface area contributed by atoms with Gasteiger partial charge in [-0.05, 0) is 30.5 Å². The van der Waals surface area contributed by atoms with Crippen molar-refractivity contribution in [3.8, 4) is 5.75 Å². The summed E-state index contributed by atoms with van der Waals surface area (Å²) in [5, 5.41) is 0. The highest BCUT2D eigenvalue weighted by atomic mass is 32.1. The van der Waals surface area contributed by atoms with Gasteiger partial charge in [-0.25, -0.2) is 0 Å². The molecule has 2 N–H and O–H groups in total. The summed E-state index contributed by atoms with van der Waals surface area (Å²) in [4.78, 5) is 0.492. The Balaban J connectivity index is 2.58. The molecule has 16 heavy (non-hydrogen) atoms. The van der Waals surface area contributed by atoms with Crippen LogP contribution in [-0.4, -0.2) is 11.1 Å². The number of hydrogen-bond donors (Lipinski definition) is 1. The van der Waals surface area contributed by atoms with Crippen molar-refractivity contribution in [2.45, 2.75) is 39.2 Å². The molecule has 0 saturated heterocycles. The maximum atomic E-state index is 5.69.